The van der Waals surface area contributed by atoms with Crippen molar-refractivity contribution in [1.29, 1.82) is 0 Å². The molecule has 3 aromatic rings. The van der Waals surface area contributed by atoms with Gasteiger partial charge in [0.1, 0.15) is 0 Å². The summed E-state index contributed by atoms with van der Waals surface area (Å²) in [6, 6.07) is 16.9. The highest BCUT2D eigenvalue weighted by Gasteiger charge is 2.23. The molecule has 2 heteroatoms. The first kappa shape index (κ1) is 12.4. The van der Waals surface area contributed by atoms with Crippen molar-refractivity contribution in [3.8, 4) is 5.69 Å². The minimum atomic E-state index is 0.291. The normalized spacial score (nSPS) is 14.4. The topological polar surface area (TPSA) is 22.0 Å². The molecule has 0 N–H and O–H groups in total. The SMILES string of the molecule is Cc1cc2c(n1-c1ccc3ccccc3c1)CCCC2=O. The predicted molar refractivity (Wildman–Crippen MR) is 85.3 cm³/mol. The van der Waals surface area contributed by atoms with E-state index in [9.17, 15) is 4.79 Å². The molecule has 4 rings (SSSR count). The first-order chi connectivity index (χ1) is 10.2. The van der Waals surface area contributed by atoms with E-state index in [4.69, 9.17) is 0 Å². The van der Waals surface area contributed by atoms with Crippen LogP contribution in [0.15, 0.2) is 48.5 Å². The van der Waals surface area contributed by atoms with E-state index in [1.807, 2.05) is 6.07 Å². The van der Waals surface area contributed by atoms with Crippen LogP contribution < -0.4 is 0 Å². The highest BCUT2D eigenvalue weighted by Crippen LogP contribution is 2.29. The fourth-order valence-electron chi connectivity index (χ4n) is 3.40. The van der Waals surface area contributed by atoms with Gasteiger partial charge in [-0.3, -0.25) is 4.79 Å². The second kappa shape index (κ2) is 4.59. The minimum Gasteiger partial charge on any atom is -0.317 e. The molecule has 0 saturated heterocycles. The summed E-state index contributed by atoms with van der Waals surface area (Å²) in [5, 5.41) is 2.48. The average Bonchev–Trinajstić information content (AvgIpc) is 2.84. The van der Waals surface area contributed by atoms with Gasteiger partial charge in [-0.1, -0.05) is 30.3 Å². The maximum absolute atomic E-state index is 12.1. The van der Waals surface area contributed by atoms with Crippen LogP contribution in [-0.2, 0) is 6.42 Å². The summed E-state index contributed by atoms with van der Waals surface area (Å²) < 4.78 is 2.25. The Bertz CT molecular complexity index is 857. The summed E-state index contributed by atoms with van der Waals surface area (Å²) in [6.45, 7) is 2.08. The fourth-order valence-corrected chi connectivity index (χ4v) is 3.40. The molecule has 2 nitrogen and oxygen atoms in total. The van der Waals surface area contributed by atoms with E-state index in [-0.39, 0.29) is 0 Å². The lowest BCUT2D eigenvalue weighted by molar-refractivity contribution is 0.0972. The van der Waals surface area contributed by atoms with Crippen LogP contribution in [0.4, 0.5) is 0 Å². The monoisotopic (exact) mass is 275 g/mol. The lowest BCUT2D eigenvalue weighted by Crippen LogP contribution is -2.12. The van der Waals surface area contributed by atoms with Crippen molar-refractivity contribution in [2.75, 3.05) is 0 Å². The number of ketones is 1. The van der Waals surface area contributed by atoms with Gasteiger partial charge >= 0.3 is 0 Å². The Labute approximate surface area is 124 Å². The number of carbonyl (C=O) groups is 1. The molecule has 104 valence electrons. The first-order valence-corrected chi connectivity index (χ1v) is 7.47. The van der Waals surface area contributed by atoms with E-state index in [0.29, 0.717) is 12.2 Å². The fraction of sp³-hybridized carbons (Fsp3) is 0.211. The number of hydrogen-bond donors (Lipinski definition) is 0. The quantitative estimate of drug-likeness (QED) is 0.642. The summed E-state index contributed by atoms with van der Waals surface area (Å²) >= 11 is 0. The lowest BCUT2D eigenvalue weighted by Gasteiger charge is -2.16. The summed E-state index contributed by atoms with van der Waals surface area (Å²) in [6.07, 6.45) is 2.64. The molecule has 2 aromatic carbocycles. The Morgan fingerprint density at radius 3 is 2.62 bits per heavy atom. The number of carbonyl (C=O) groups excluding carboxylic acids is 1. The molecule has 0 atom stereocenters. The molecule has 1 aromatic heterocycles. The number of fused-ring (bicyclic) bond motifs is 2. The molecule has 0 saturated carbocycles. The Morgan fingerprint density at radius 2 is 1.76 bits per heavy atom. The summed E-state index contributed by atoms with van der Waals surface area (Å²) in [5.74, 6) is 0.291. The zero-order chi connectivity index (χ0) is 14.4. The molecule has 0 bridgehead atoms. The smallest absolute Gasteiger partial charge is 0.164 e. The van der Waals surface area contributed by atoms with E-state index < -0.39 is 0 Å². The lowest BCUT2D eigenvalue weighted by atomic mass is 9.96. The standard InChI is InChI=1S/C19H17NO/c1-13-11-17-18(7-4-8-19(17)21)20(13)16-10-9-14-5-2-3-6-15(14)12-16/h2-3,5-6,9-12H,4,7-8H2,1H3. The summed E-state index contributed by atoms with van der Waals surface area (Å²) in [5.41, 5.74) is 4.40. The van der Waals surface area contributed by atoms with Crippen LogP contribution in [0.5, 0.6) is 0 Å². The molecular weight excluding hydrogens is 258 g/mol. The van der Waals surface area contributed by atoms with E-state index in [1.165, 1.54) is 16.5 Å². The maximum atomic E-state index is 12.1. The van der Waals surface area contributed by atoms with Gasteiger partial charge in [0, 0.05) is 29.1 Å². The number of hydrogen-bond acceptors (Lipinski definition) is 1. The Morgan fingerprint density at radius 1 is 0.952 bits per heavy atom. The van der Waals surface area contributed by atoms with Crippen molar-refractivity contribution in [2.45, 2.75) is 26.2 Å². The second-order valence-corrected chi connectivity index (χ2v) is 5.79. The van der Waals surface area contributed by atoms with E-state index in [1.54, 1.807) is 0 Å². The van der Waals surface area contributed by atoms with Gasteiger partial charge in [0.25, 0.3) is 0 Å². The number of benzene rings is 2. The van der Waals surface area contributed by atoms with Crippen molar-refractivity contribution in [3.05, 3.63) is 65.5 Å². The van der Waals surface area contributed by atoms with E-state index in [0.717, 1.165) is 29.8 Å². The minimum absolute atomic E-state index is 0.291. The Hall–Kier alpha value is -2.35. The number of aryl methyl sites for hydroxylation is 1. The largest absolute Gasteiger partial charge is 0.317 e. The number of nitrogens with zero attached hydrogens (tertiary/aromatic N) is 1. The van der Waals surface area contributed by atoms with Crippen LogP contribution in [-0.4, -0.2) is 10.4 Å². The van der Waals surface area contributed by atoms with E-state index >= 15 is 0 Å². The highest BCUT2D eigenvalue weighted by atomic mass is 16.1. The highest BCUT2D eigenvalue weighted by molar-refractivity contribution is 5.98. The van der Waals surface area contributed by atoms with Crippen molar-refractivity contribution in [2.24, 2.45) is 0 Å². The van der Waals surface area contributed by atoms with Gasteiger partial charge in [-0.2, -0.15) is 0 Å². The second-order valence-electron chi connectivity index (χ2n) is 5.79. The van der Waals surface area contributed by atoms with E-state index in [2.05, 4.69) is 54.0 Å². The summed E-state index contributed by atoms with van der Waals surface area (Å²) in [4.78, 5) is 12.1. The van der Waals surface area contributed by atoms with Crippen molar-refractivity contribution < 1.29 is 4.79 Å². The van der Waals surface area contributed by atoms with Gasteiger partial charge in [-0.05, 0) is 48.7 Å². The molecule has 0 amide bonds. The van der Waals surface area contributed by atoms with Crippen LogP contribution in [0.1, 0.15) is 34.6 Å². The molecule has 0 fully saturated rings. The number of aromatic nitrogens is 1. The number of rotatable bonds is 1. The molecular formula is C19H17NO. The van der Waals surface area contributed by atoms with Crippen molar-refractivity contribution in [1.82, 2.24) is 4.57 Å². The van der Waals surface area contributed by atoms with Crippen molar-refractivity contribution in [3.63, 3.8) is 0 Å². The molecule has 21 heavy (non-hydrogen) atoms. The third-order valence-corrected chi connectivity index (χ3v) is 4.40. The van der Waals surface area contributed by atoms with Crippen LogP contribution >= 0.6 is 0 Å². The molecule has 0 radical (unpaired) electrons. The van der Waals surface area contributed by atoms with Gasteiger partial charge in [-0.25, -0.2) is 0 Å². The van der Waals surface area contributed by atoms with Gasteiger partial charge in [-0.15, -0.1) is 0 Å². The molecule has 1 aliphatic carbocycles. The summed E-state index contributed by atoms with van der Waals surface area (Å²) in [7, 11) is 0. The first-order valence-electron chi connectivity index (χ1n) is 7.47. The third kappa shape index (κ3) is 1.90. The molecule has 1 aliphatic rings. The molecule has 0 aliphatic heterocycles. The number of Topliss-reactive ketones (excluding diaryl/α,β-unsaturated/α-hetero) is 1. The average molecular weight is 275 g/mol. The maximum Gasteiger partial charge on any atom is 0.164 e. The van der Waals surface area contributed by atoms with Gasteiger partial charge in [0.2, 0.25) is 0 Å². The van der Waals surface area contributed by atoms with Crippen LogP contribution in [0.2, 0.25) is 0 Å². The van der Waals surface area contributed by atoms with Crippen LogP contribution in [0.3, 0.4) is 0 Å². The third-order valence-electron chi connectivity index (χ3n) is 4.40. The van der Waals surface area contributed by atoms with Crippen molar-refractivity contribution >= 4 is 16.6 Å². The Kier molecular flexibility index (Phi) is 2.71. The Balaban J connectivity index is 1.94. The zero-order valence-electron chi connectivity index (χ0n) is 12.1. The van der Waals surface area contributed by atoms with Gasteiger partial charge in [0.05, 0.1) is 0 Å². The molecule has 0 unspecified atom stereocenters. The molecule has 1 heterocycles. The zero-order valence-corrected chi connectivity index (χ0v) is 12.1. The predicted octanol–water partition coefficient (Wildman–Crippen LogP) is 4.46. The van der Waals surface area contributed by atoms with Gasteiger partial charge in [0.15, 0.2) is 5.78 Å². The van der Waals surface area contributed by atoms with Crippen LogP contribution in [0.25, 0.3) is 16.5 Å². The van der Waals surface area contributed by atoms with Crippen LogP contribution in [0, 0.1) is 6.92 Å². The molecule has 0 spiro atoms. The van der Waals surface area contributed by atoms with Gasteiger partial charge < -0.3 is 4.57 Å².